The first-order valence-electron chi connectivity index (χ1n) is 8.73. The normalized spacial score (nSPS) is 10.6. The summed E-state index contributed by atoms with van der Waals surface area (Å²) in [5, 5.41) is 12.0. The zero-order valence-electron chi connectivity index (χ0n) is 15.8. The van der Waals surface area contributed by atoms with Crippen LogP contribution in [0.3, 0.4) is 0 Å². The molecule has 146 valence electrons. The van der Waals surface area contributed by atoms with Gasteiger partial charge in [-0.2, -0.15) is 5.10 Å². The Kier molecular flexibility index (Phi) is 4.93. The van der Waals surface area contributed by atoms with Gasteiger partial charge in [0.25, 0.3) is 5.91 Å². The summed E-state index contributed by atoms with van der Waals surface area (Å²) >= 11 is 0. The van der Waals surface area contributed by atoms with Gasteiger partial charge in [-0.25, -0.2) is 9.36 Å². The monoisotopic (exact) mass is 390 g/mol. The fraction of sp³-hybridized carbons (Fsp3) is 0.100. The maximum Gasteiger partial charge on any atom is 0.274 e. The van der Waals surface area contributed by atoms with E-state index in [-0.39, 0.29) is 5.91 Å². The Bertz CT molecular complexity index is 1120. The molecular formula is C20H18N6O3. The summed E-state index contributed by atoms with van der Waals surface area (Å²) in [4.78, 5) is 12.9. The van der Waals surface area contributed by atoms with Crippen molar-refractivity contribution < 1.29 is 14.3 Å². The van der Waals surface area contributed by atoms with E-state index in [2.05, 4.69) is 20.7 Å². The number of nitrogens with zero attached hydrogens (tertiary/aromatic N) is 5. The van der Waals surface area contributed by atoms with E-state index in [9.17, 15) is 4.79 Å². The minimum Gasteiger partial charge on any atom is -0.493 e. The molecule has 2 heterocycles. The van der Waals surface area contributed by atoms with Gasteiger partial charge in [-0.15, -0.1) is 10.2 Å². The van der Waals surface area contributed by atoms with Crippen LogP contribution in [0.2, 0.25) is 0 Å². The largest absolute Gasteiger partial charge is 0.493 e. The van der Waals surface area contributed by atoms with E-state index in [4.69, 9.17) is 9.47 Å². The molecule has 2 aromatic heterocycles. The van der Waals surface area contributed by atoms with Crippen molar-refractivity contribution in [3.63, 3.8) is 0 Å². The van der Waals surface area contributed by atoms with Crippen LogP contribution in [0.5, 0.6) is 11.5 Å². The summed E-state index contributed by atoms with van der Waals surface area (Å²) in [5.41, 5.74) is 5.14. The molecule has 0 spiro atoms. The third-order valence-corrected chi connectivity index (χ3v) is 4.29. The van der Waals surface area contributed by atoms with Crippen molar-refractivity contribution in [2.24, 2.45) is 0 Å². The molecule has 0 aliphatic rings. The Hall–Kier alpha value is -4.14. The number of hydrogen-bond donors (Lipinski definition) is 1. The van der Waals surface area contributed by atoms with Crippen LogP contribution in [0.1, 0.15) is 10.4 Å². The number of carbonyl (C=O) groups excluding carboxylic acids is 1. The topological polar surface area (TPSA) is 96.1 Å². The smallest absolute Gasteiger partial charge is 0.274 e. The molecule has 9 nitrogen and oxygen atoms in total. The highest BCUT2D eigenvalue weighted by Gasteiger charge is 2.20. The van der Waals surface area contributed by atoms with Crippen LogP contribution in [0.4, 0.5) is 0 Å². The molecule has 9 heteroatoms. The van der Waals surface area contributed by atoms with Crippen molar-refractivity contribution in [1.82, 2.24) is 24.7 Å². The maximum atomic E-state index is 12.9. The lowest BCUT2D eigenvalue weighted by Crippen LogP contribution is -2.21. The highest BCUT2D eigenvalue weighted by atomic mass is 16.5. The Balaban J connectivity index is 1.81. The summed E-state index contributed by atoms with van der Waals surface area (Å²) in [6.07, 6.45) is 4.48. The Labute approximate surface area is 166 Å². The summed E-state index contributed by atoms with van der Waals surface area (Å²) in [6, 6.07) is 14.9. The van der Waals surface area contributed by atoms with Crippen LogP contribution in [0.25, 0.3) is 16.9 Å². The predicted octanol–water partition coefficient (Wildman–Crippen LogP) is 2.53. The van der Waals surface area contributed by atoms with Crippen LogP contribution < -0.4 is 14.9 Å². The number of methoxy groups -OCH3 is 2. The van der Waals surface area contributed by atoms with Crippen molar-refractivity contribution >= 4 is 5.91 Å². The number of amides is 1. The third-order valence-electron chi connectivity index (χ3n) is 4.29. The number of aromatic nitrogens is 5. The number of para-hydroxylation sites is 1. The third kappa shape index (κ3) is 3.65. The van der Waals surface area contributed by atoms with Gasteiger partial charge in [0.05, 0.1) is 25.5 Å². The Morgan fingerprint density at radius 2 is 1.69 bits per heavy atom. The molecule has 4 aromatic rings. The predicted molar refractivity (Wildman–Crippen MR) is 106 cm³/mol. The molecule has 0 fully saturated rings. The molecule has 0 saturated carbocycles. The Morgan fingerprint density at radius 3 is 2.38 bits per heavy atom. The van der Waals surface area contributed by atoms with Crippen molar-refractivity contribution in [3.05, 3.63) is 72.9 Å². The second-order valence-electron chi connectivity index (χ2n) is 6.05. The van der Waals surface area contributed by atoms with E-state index in [1.165, 1.54) is 17.3 Å². The van der Waals surface area contributed by atoms with Crippen LogP contribution in [-0.2, 0) is 0 Å². The fourth-order valence-corrected chi connectivity index (χ4v) is 2.89. The van der Waals surface area contributed by atoms with E-state index in [1.807, 2.05) is 36.4 Å². The van der Waals surface area contributed by atoms with Gasteiger partial charge < -0.3 is 9.47 Å². The second kappa shape index (κ2) is 7.85. The molecule has 0 aliphatic carbocycles. The first-order chi connectivity index (χ1) is 14.2. The van der Waals surface area contributed by atoms with Crippen LogP contribution >= 0.6 is 0 Å². The maximum absolute atomic E-state index is 12.9. The standard InChI is InChI=1S/C20H18N6O3/c1-28-17-9-8-14(10-18(17)29-2)19-16(20(27)24-25-12-21-22-13-25)11-26(23-19)15-6-4-3-5-7-15/h3-13H,1-2H3,(H,24,27). The summed E-state index contributed by atoms with van der Waals surface area (Å²) in [7, 11) is 3.13. The SMILES string of the molecule is COc1ccc(-c2nn(-c3ccccc3)cc2C(=O)Nn2cnnc2)cc1OC. The molecule has 0 saturated heterocycles. The highest BCUT2D eigenvalue weighted by molar-refractivity contribution is 6.04. The highest BCUT2D eigenvalue weighted by Crippen LogP contribution is 2.33. The lowest BCUT2D eigenvalue weighted by atomic mass is 10.1. The van der Waals surface area contributed by atoms with Gasteiger partial charge in [0, 0.05) is 11.8 Å². The fourth-order valence-electron chi connectivity index (χ4n) is 2.89. The van der Waals surface area contributed by atoms with Crippen molar-refractivity contribution in [2.45, 2.75) is 0 Å². The number of hydrogen-bond acceptors (Lipinski definition) is 6. The zero-order chi connectivity index (χ0) is 20.2. The molecule has 0 unspecified atom stereocenters. The second-order valence-corrected chi connectivity index (χ2v) is 6.05. The Morgan fingerprint density at radius 1 is 0.966 bits per heavy atom. The van der Waals surface area contributed by atoms with Crippen LogP contribution in [0.15, 0.2) is 67.4 Å². The van der Waals surface area contributed by atoms with Gasteiger partial charge in [0.2, 0.25) is 0 Å². The molecule has 1 N–H and O–H groups in total. The quantitative estimate of drug-likeness (QED) is 0.544. The van der Waals surface area contributed by atoms with Crippen LogP contribution in [-0.4, -0.2) is 44.8 Å². The number of benzene rings is 2. The number of nitrogens with one attached hydrogen (secondary N) is 1. The van der Waals surface area contributed by atoms with Gasteiger partial charge in [0.1, 0.15) is 18.3 Å². The van der Waals surface area contributed by atoms with Crippen molar-refractivity contribution in [1.29, 1.82) is 0 Å². The van der Waals surface area contributed by atoms with E-state index >= 15 is 0 Å². The molecule has 29 heavy (non-hydrogen) atoms. The van der Waals surface area contributed by atoms with Gasteiger partial charge in [-0.05, 0) is 30.3 Å². The summed E-state index contributed by atoms with van der Waals surface area (Å²) in [6.45, 7) is 0. The minimum atomic E-state index is -0.350. The summed E-state index contributed by atoms with van der Waals surface area (Å²) in [5.74, 6) is 0.787. The van der Waals surface area contributed by atoms with Gasteiger partial charge in [0.15, 0.2) is 11.5 Å². The average Bonchev–Trinajstić information content (AvgIpc) is 3.44. The lowest BCUT2D eigenvalue weighted by molar-refractivity contribution is 0.101. The number of carbonyl (C=O) groups is 1. The number of rotatable bonds is 6. The summed E-state index contributed by atoms with van der Waals surface area (Å²) < 4.78 is 13.7. The van der Waals surface area contributed by atoms with Crippen molar-refractivity contribution in [3.8, 4) is 28.4 Å². The van der Waals surface area contributed by atoms with Gasteiger partial charge in [-0.1, -0.05) is 18.2 Å². The molecule has 1 amide bonds. The number of ether oxygens (including phenoxy) is 2. The van der Waals surface area contributed by atoms with E-state index < -0.39 is 0 Å². The molecule has 4 rings (SSSR count). The van der Waals surface area contributed by atoms with Crippen molar-refractivity contribution in [2.75, 3.05) is 19.6 Å². The van der Waals surface area contributed by atoms with Crippen LogP contribution in [0, 0.1) is 0 Å². The minimum absolute atomic E-state index is 0.350. The molecule has 2 aromatic carbocycles. The van der Waals surface area contributed by atoms with E-state index in [1.54, 1.807) is 37.2 Å². The molecule has 0 radical (unpaired) electrons. The van der Waals surface area contributed by atoms with Gasteiger partial charge >= 0.3 is 0 Å². The van der Waals surface area contributed by atoms with E-state index in [0.29, 0.717) is 28.3 Å². The van der Waals surface area contributed by atoms with Gasteiger partial charge in [-0.3, -0.25) is 10.2 Å². The lowest BCUT2D eigenvalue weighted by Gasteiger charge is -2.09. The first-order valence-corrected chi connectivity index (χ1v) is 8.73. The first kappa shape index (κ1) is 18.2. The average molecular weight is 390 g/mol. The molecule has 0 aliphatic heterocycles. The molecular weight excluding hydrogens is 372 g/mol. The van der Waals surface area contributed by atoms with E-state index in [0.717, 1.165) is 5.69 Å². The molecule has 0 bridgehead atoms. The zero-order valence-corrected chi connectivity index (χ0v) is 15.8. The molecule has 0 atom stereocenters.